The van der Waals surface area contributed by atoms with Gasteiger partial charge in [-0.1, -0.05) is 13.8 Å². The summed E-state index contributed by atoms with van der Waals surface area (Å²) in [4.78, 5) is 0. The van der Waals surface area contributed by atoms with Gasteiger partial charge in [-0.25, -0.2) is 13.2 Å². The smallest absolute Gasteiger partial charge is 0.194 e. The maximum absolute atomic E-state index is 13.0. The number of benzene rings is 1. The summed E-state index contributed by atoms with van der Waals surface area (Å²) in [6.45, 7) is 3.65. The molecule has 1 nitrogen and oxygen atoms in total. The zero-order valence-electron chi connectivity index (χ0n) is 9.10. The van der Waals surface area contributed by atoms with E-state index in [1.165, 1.54) is 0 Å². The standard InChI is InChI=1S/C12H13F3O/c1-12(2)7(5-10(12)16)6-3-8(13)11(15)9(14)4-6/h3-4,7,10,16H,5H2,1-2H3. The first-order valence-corrected chi connectivity index (χ1v) is 5.16. The van der Waals surface area contributed by atoms with E-state index in [4.69, 9.17) is 0 Å². The Labute approximate surface area is 91.9 Å². The van der Waals surface area contributed by atoms with Crippen molar-refractivity contribution in [3.8, 4) is 0 Å². The predicted octanol–water partition coefficient (Wildman–Crippen LogP) is 2.98. The monoisotopic (exact) mass is 230 g/mol. The first-order chi connectivity index (χ1) is 7.34. The molecule has 1 N–H and O–H groups in total. The van der Waals surface area contributed by atoms with Crippen LogP contribution in [0.5, 0.6) is 0 Å². The van der Waals surface area contributed by atoms with Gasteiger partial charge in [-0.3, -0.25) is 0 Å². The van der Waals surface area contributed by atoms with Crippen molar-refractivity contribution in [3.63, 3.8) is 0 Å². The summed E-state index contributed by atoms with van der Waals surface area (Å²) in [5.74, 6) is -3.92. The predicted molar refractivity (Wildman–Crippen MR) is 53.5 cm³/mol. The normalized spacial score (nSPS) is 27.6. The minimum atomic E-state index is -1.44. The van der Waals surface area contributed by atoms with Gasteiger partial charge in [0.25, 0.3) is 0 Å². The van der Waals surface area contributed by atoms with Crippen molar-refractivity contribution in [1.82, 2.24) is 0 Å². The molecule has 16 heavy (non-hydrogen) atoms. The van der Waals surface area contributed by atoms with Gasteiger partial charge in [0.2, 0.25) is 0 Å². The Kier molecular flexibility index (Phi) is 2.49. The third kappa shape index (κ3) is 1.52. The lowest BCUT2D eigenvalue weighted by Gasteiger charge is -2.49. The molecule has 88 valence electrons. The molecule has 1 aromatic rings. The molecule has 4 heteroatoms. The molecule has 0 aliphatic heterocycles. The maximum Gasteiger partial charge on any atom is 0.194 e. The topological polar surface area (TPSA) is 20.2 Å². The zero-order chi connectivity index (χ0) is 12.1. The molecule has 0 radical (unpaired) electrons. The summed E-state index contributed by atoms with van der Waals surface area (Å²) >= 11 is 0. The minimum Gasteiger partial charge on any atom is -0.393 e. The SMILES string of the molecule is CC1(C)C(O)CC1c1cc(F)c(F)c(F)c1. The second-order valence-electron chi connectivity index (χ2n) is 4.92. The average molecular weight is 230 g/mol. The minimum absolute atomic E-state index is 0.132. The molecule has 2 rings (SSSR count). The number of rotatable bonds is 1. The molecule has 1 fully saturated rings. The van der Waals surface area contributed by atoms with Crippen molar-refractivity contribution in [2.45, 2.75) is 32.3 Å². The highest BCUT2D eigenvalue weighted by Gasteiger charge is 2.48. The molecule has 1 aromatic carbocycles. The number of aliphatic hydroxyl groups is 1. The van der Waals surface area contributed by atoms with E-state index in [1.54, 1.807) is 0 Å². The van der Waals surface area contributed by atoms with E-state index < -0.39 is 29.0 Å². The molecule has 1 aliphatic rings. The van der Waals surface area contributed by atoms with Crippen LogP contribution < -0.4 is 0 Å². The molecule has 0 heterocycles. The second kappa shape index (κ2) is 3.48. The Balaban J connectivity index is 2.37. The highest BCUT2D eigenvalue weighted by molar-refractivity contribution is 5.28. The number of hydrogen-bond donors (Lipinski definition) is 1. The quantitative estimate of drug-likeness (QED) is 0.735. The number of halogens is 3. The number of hydrogen-bond acceptors (Lipinski definition) is 1. The van der Waals surface area contributed by atoms with E-state index in [-0.39, 0.29) is 5.92 Å². The highest BCUT2D eigenvalue weighted by atomic mass is 19.2. The second-order valence-corrected chi connectivity index (χ2v) is 4.92. The van der Waals surface area contributed by atoms with Crippen LogP contribution in [0.15, 0.2) is 12.1 Å². The fraction of sp³-hybridized carbons (Fsp3) is 0.500. The van der Waals surface area contributed by atoms with Crippen LogP contribution in [0.2, 0.25) is 0 Å². The van der Waals surface area contributed by atoms with Crippen molar-refractivity contribution in [3.05, 3.63) is 35.1 Å². The fourth-order valence-corrected chi connectivity index (χ4v) is 2.24. The molecule has 0 bridgehead atoms. The molecule has 2 unspecified atom stereocenters. The Morgan fingerprint density at radius 2 is 1.69 bits per heavy atom. The Bertz CT molecular complexity index is 405. The lowest BCUT2D eigenvalue weighted by atomic mass is 9.58. The fourth-order valence-electron chi connectivity index (χ4n) is 2.24. The molecule has 0 saturated heterocycles. The van der Waals surface area contributed by atoms with Crippen molar-refractivity contribution >= 4 is 0 Å². The van der Waals surface area contributed by atoms with Crippen LogP contribution in [0.25, 0.3) is 0 Å². The first-order valence-electron chi connectivity index (χ1n) is 5.16. The molecule has 0 amide bonds. The molecule has 2 atom stereocenters. The number of aliphatic hydroxyl groups excluding tert-OH is 1. The molecule has 0 aromatic heterocycles. The summed E-state index contributed by atoms with van der Waals surface area (Å²) in [6, 6.07) is 2.02. The average Bonchev–Trinajstić information content (AvgIpc) is 2.21. The summed E-state index contributed by atoms with van der Waals surface area (Å²) in [5, 5.41) is 9.54. The first kappa shape index (κ1) is 11.5. The van der Waals surface area contributed by atoms with Gasteiger partial charge >= 0.3 is 0 Å². The van der Waals surface area contributed by atoms with Crippen LogP contribution in [-0.2, 0) is 0 Å². The van der Waals surface area contributed by atoms with Crippen LogP contribution in [0.1, 0.15) is 31.7 Å². The van der Waals surface area contributed by atoms with Gasteiger partial charge in [0.15, 0.2) is 17.5 Å². The van der Waals surface area contributed by atoms with E-state index in [2.05, 4.69) is 0 Å². The van der Waals surface area contributed by atoms with E-state index in [0.717, 1.165) is 12.1 Å². The van der Waals surface area contributed by atoms with Gasteiger partial charge in [-0.15, -0.1) is 0 Å². The van der Waals surface area contributed by atoms with Crippen LogP contribution in [0, 0.1) is 22.9 Å². The van der Waals surface area contributed by atoms with Crippen molar-refractivity contribution in [1.29, 1.82) is 0 Å². The zero-order valence-corrected chi connectivity index (χ0v) is 9.10. The van der Waals surface area contributed by atoms with Crippen molar-refractivity contribution < 1.29 is 18.3 Å². The van der Waals surface area contributed by atoms with Crippen molar-refractivity contribution in [2.75, 3.05) is 0 Å². The molecule has 1 aliphatic carbocycles. The third-order valence-corrected chi connectivity index (χ3v) is 3.62. The van der Waals surface area contributed by atoms with E-state index >= 15 is 0 Å². The Morgan fingerprint density at radius 1 is 1.19 bits per heavy atom. The van der Waals surface area contributed by atoms with Gasteiger partial charge in [-0.2, -0.15) is 0 Å². The van der Waals surface area contributed by atoms with Crippen LogP contribution in [0.3, 0.4) is 0 Å². The summed E-state index contributed by atoms with van der Waals surface area (Å²) < 4.78 is 38.8. The van der Waals surface area contributed by atoms with Gasteiger partial charge in [0.1, 0.15) is 0 Å². The van der Waals surface area contributed by atoms with Gasteiger partial charge in [-0.05, 0) is 35.4 Å². The van der Waals surface area contributed by atoms with E-state index in [1.807, 2.05) is 13.8 Å². The van der Waals surface area contributed by atoms with E-state index in [9.17, 15) is 18.3 Å². The molecular weight excluding hydrogens is 217 g/mol. The van der Waals surface area contributed by atoms with E-state index in [0.29, 0.717) is 12.0 Å². The van der Waals surface area contributed by atoms with Gasteiger partial charge in [0.05, 0.1) is 6.10 Å². The Morgan fingerprint density at radius 3 is 2.06 bits per heavy atom. The molecule has 0 spiro atoms. The summed E-state index contributed by atoms with van der Waals surface area (Å²) in [5.41, 5.74) is -0.0109. The van der Waals surface area contributed by atoms with Crippen LogP contribution in [0.4, 0.5) is 13.2 Å². The largest absolute Gasteiger partial charge is 0.393 e. The van der Waals surface area contributed by atoms with Crippen molar-refractivity contribution in [2.24, 2.45) is 5.41 Å². The lowest BCUT2D eigenvalue weighted by Crippen LogP contribution is -2.47. The van der Waals surface area contributed by atoms with Gasteiger partial charge < -0.3 is 5.11 Å². The molecular formula is C12H13F3O. The molecule has 1 saturated carbocycles. The van der Waals surface area contributed by atoms with Crippen LogP contribution in [-0.4, -0.2) is 11.2 Å². The third-order valence-electron chi connectivity index (χ3n) is 3.62. The maximum atomic E-state index is 13.0. The summed E-state index contributed by atoms with van der Waals surface area (Å²) in [6.07, 6.45) is -0.0222. The lowest BCUT2D eigenvalue weighted by molar-refractivity contribution is -0.0627. The van der Waals surface area contributed by atoms with Crippen LogP contribution >= 0.6 is 0 Å². The summed E-state index contributed by atoms with van der Waals surface area (Å²) in [7, 11) is 0. The Hall–Kier alpha value is -1.03. The van der Waals surface area contributed by atoms with Gasteiger partial charge in [0, 0.05) is 0 Å². The highest BCUT2D eigenvalue weighted by Crippen LogP contribution is 2.52.